The van der Waals surface area contributed by atoms with E-state index in [-0.39, 0.29) is 17.9 Å². The summed E-state index contributed by atoms with van der Waals surface area (Å²) in [7, 11) is -3.54. The van der Waals surface area contributed by atoms with Crippen molar-refractivity contribution in [2.24, 2.45) is 0 Å². The summed E-state index contributed by atoms with van der Waals surface area (Å²) in [5.74, 6) is -0.308. The van der Waals surface area contributed by atoms with Gasteiger partial charge in [-0.05, 0) is 42.0 Å². The normalized spacial score (nSPS) is 11.4. The lowest BCUT2D eigenvalue weighted by Crippen LogP contribution is -2.25. The van der Waals surface area contributed by atoms with E-state index in [2.05, 4.69) is 4.72 Å². The first-order chi connectivity index (χ1) is 11.4. The number of nitrogens with one attached hydrogen (secondary N) is 1. The SMILES string of the molecule is O=C(O)Cc1ccc(SCCNS(=O)(=O)c2ccc(Cl)cc2)cc1. The van der Waals surface area contributed by atoms with E-state index in [0.717, 1.165) is 10.5 Å². The van der Waals surface area contributed by atoms with Crippen LogP contribution >= 0.6 is 23.4 Å². The first-order valence-electron chi connectivity index (χ1n) is 7.05. The van der Waals surface area contributed by atoms with E-state index < -0.39 is 16.0 Å². The van der Waals surface area contributed by atoms with Gasteiger partial charge in [0.15, 0.2) is 0 Å². The van der Waals surface area contributed by atoms with Crippen LogP contribution in [0, 0.1) is 0 Å². The van der Waals surface area contributed by atoms with E-state index in [1.54, 1.807) is 12.1 Å². The van der Waals surface area contributed by atoms with Crippen LogP contribution in [0.15, 0.2) is 58.3 Å². The van der Waals surface area contributed by atoms with Crippen molar-refractivity contribution in [3.63, 3.8) is 0 Å². The van der Waals surface area contributed by atoms with E-state index in [0.29, 0.717) is 10.8 Å². The molecule has 0 saturated carbocycles. The number of halogens is 1. The topological polar surface area (TPSA) is 83.5 Å². The minimum Gasteiger partial charge on any atom is -0.481 e. The first-order valence-corrected chi connectivity index (χ1v) is 9.90. The Morgan fingerprint density at radius 2 is 1.71 bits per heavy atom. The maximum atomic E-state index is 12.1. The second-order valence-electron chi connectivity index (χ2n) is 4.91. The predicted molar refractivity (Wildman–Crippen MR) is 95.1 cm³/mol. The van der Waals surface area contributed by atoms with Crippen LogP contribution in [-0.2, 0) is 21.2 Å². The van der Waals surface area contributed by atoms with Gasteiger partial charge in [0.2, 0.25) is 10.0 Å². The summed E-state index contributed by atoms with van der Waals surface area (Å²) in [5, 5.41) is 9.20. The van der Waals surface area contributed by atoms with Crippen molar-refractivity contribution in [3.05, 3.63) is 59.1 Å². The minimum absolute atomic E-state index is 0.00810. The molecule has 0 aliphatic carbocycles. The Bertz CT molecular complexity index is 790. The van der Waals surface area contributed by atoms with Crippen molar-refractivity contribution >= 4 is 39.4 Å². The second-order valence-corrected chi connectivity index (χ2v) is 8.29. The predicted octanol–water partition coefficient (Wildman–Crippen LogP) is 3.04. The molecule has 24 heavy (non-hydrogen) atoms. The Labute approximate surface area is 150 Å². The monoisotopic (exact) mass is 385 g/mol. The third-order valence-electron chi connectivity index (χ3n) is 3.07. The number of aliphatic carboxylic acids is 1. The second kappa shape index (κ2) is 8.53. The lowest BCUT2D eigenvalue weighted by molar-refractivity contribution is -0.136. The van der Waals surface area contributed by atoms with Gasteiger partial charge in [0, 0.05) is 22.2 Å². The Hall–Kier alpha value is -1.54. The van der Waals surface area contributed by atoms with Gasteiger partial charge in [-0.25, -0.2) is 13.1 Å². The summed E-state index contributed by atoms with van der Waals surface area (Å²) in [4.78, 5) is 11.7. The largest absolute Gasteiger partial charge is 0.481 e. The number of sulfonamides is 1. The summed E-state index contributed by atoms with van der Waals surface area (Å²) in [5.41, 5.74) is 0.732. The van der Waals surface area contributed by atoms with Gasteiger partial charge < -0.3 is 5.11 Å². The van der Waals surface area contributed by atoms with E-state index in [1.165, 1.54) is 36.0 Å². The molecule has 0 aliphatic heterocycles. The van der Waals surface area contributed by atoms with Gasteiger partial charge in [0.25, 0.3) is 0 Å². The highest BCUT2D eigenvalue weighted by atomic mass is 35.5. The number of thioether (sulfide) groups is 1. The summed E-state index contributed by atoms with van der Waals surface area (Å²) >= 11 is 7.23. The van der Waals surface area contributed by atoms with Crippen LogP contribution in [0.3, 0.4) is 0 Å². The molecule has 0 aliphatic rings. The fourth-order valence-corrected chi connectivity index (χ4v) is 3.98. The molecule has 0 spiro atoms. The zero-order chi connectivity index (χ0) is 17.6. The van der Waals surface area contributed by atoms with Gasteiger partial charge in [-0.1, -0.05) is 23.7 Å². The molecular formula is C16H16ClNO4S2. The van der Waals surface area contributed by atoms with Crippen molar-refractivity contribution in [1.82, 2.24) is 4.72 Å². The van der Waals surface area contributed by atoms with Gasteiger partial charge in [-0.2, -0.15) is 0 Å². The molecule has 0 aromatic heterocycles. The number of benzene rings is 2. The lowest BCUT2D eigenvalue weighted by atomic mass is 10.2. The van der Waals surface area contributed by atoms with E-state index in [4.69, 9.17) is 16.7 Å². The molecule has 2 aromatic rings. The first kappa shape index (κ1) is 18.8. The Morgan fingerprint density at radius 3 is 2.29 bits per heavy atom. The maximum absolute atomic E-state index is 12.1. The molecule has 0 bridgehead atoms. The Morgan fingerprint density at radius 1 is 1.08 bits per heavy atom. The van der Waals surface area contributed by atoms with Crippen LogP contribution in [0.25, 0.3) is 0 Å². The van der Waals surface area contributed by atoms with Crippen molar-refractivity contribution in [1.29, 1.82) is 0 Å². The van der Waals surface area contributed by atoms with Crippen LogP contribution in [-0.4, -0.2) is 31.8 Å². The number of carbonyl (C=O) groups is 1. The molecular weight excluding hydrogens is 370 g/mol. The summed E-state index contributed by atoms with van der Waals surface area (Å²) in [6, 6.07) is 13.2. The van der Waals surface area contributed by atoms with E-state index >= 15 is 0 Å². The Balaban J connectivity index is 1.82. The minimum atomic E-state index is -3.54. The molecule has 2 aromatic carbocycles. The number of hydrogen-bond acceptors (Lipinski definition) is 4. The molecule has 0 amide bonds. The summed E-state index contributed by atoms with van der Waals surface area (Å²) in [6.45, 7) is 0.284. The highest BCUT2D eigenvalue weighted by Gasteiger charge is 2.12. The van der Waals surface area contributed by atoms with Gasteiger partial charge >= 0.3 is 5.97 Å². The quantitative estimate of drug-likeness (QED) is 0.539. The fraction of sp³-hybridized carbons (Fsp3) is 0.188. The molecule has 2 rings (SSSR count). The number of hydrogen-bond donors (Lipinski definition) is 2. The number of carboxylic acid groups (broad SMARTS) is 1. The fourth-order valence-electron chi connectivity index (χ4n) is 1.92. The van der Waals surface area contributed by atoms with Crippen molar-refractivity contribution in [3.8, 4) is 0 Å². The number of carboxylic acids is 1. The molecule has 0 fully saturated rings. The molecule has 0 atom stereocenters. The molecule has 2 N–H and O–H groups in total. The van der Waals surface area contributed by atoms with Crippen LogP contribution in [0.4, 0.5) is 0 Å². The maximum Gasteiger partial charge on any atom is 0.307 e. The van der Waals surface area contributed by atoms with Crippen molar-refractivity contribution < 1.29 is 18.3 Å². The molecule has 5 nitrogen and oxygen atoms in total. The zero-order valence-corrected chi connectivity index (χ0v) is 15.0. The van der Waals surface area contributed by atoms with Gasteiger partial charge in [-0.3, -0.25) is 4.79 Å². The molecule has 0 saturated heterocycles. The van der Waals surface area contributed by atoms with Crippen LogP contribution in [0.2, 0.25) is 5.02 Å². The smallest absolute Gasteiger partial charge is 0.307 e. The highest BCUT2D eigenvalue weighted by molar-refractivity contribution is 7.99. The summed E-state index contributed by atoms with van der Waals surface area (Å²) in [6.07, 6.45) is -0.00810. The van der Waals surface area contributed by atoms with Gasteiger partial charge in [0.05, 0.1) is 11.3 Å². The summed E-state index contributed by atoms with van der Waals surface area (Å²) < 4.78 is 26.7. The van der Waals surface area contributed by atoms with Crippen LogP contribution in [0.1, 0.15) is 5.56 Å². The van der Waals surface area contributed by atoms with E-state index in [1.807, 2.05) is 12.1 Å². The van der Waals surface area contributed by atoms with Crippen LogP contribution in [0.5, 0.6) is 0 Å². The third kappa shape index (κ3) is 5.83. The van der Waals surface area contributed by atoms with Crippen LogP contribution < -0.4 is 4.72 Å². The van der Waals surface area contributed by atoms with Gasteiger partial charge in [0.1, 0.15) is 0 Å². The third-order valence-corrected chi connectivity index (χ3v) is 5.81. The molecule has 8 heteroatoms. The molecule has 128 valence electrons. The lowest BCUT2D eigenvalue weighted by Gasteiger charge is -2.07. The average molecular weight is 386 g/mol. The average Bonchev–Trinajstić information content (AvgIpc) is 2.53. The molecule has 0 heterocycles. The highest BCUT2D eigenvalue weighted by Crippen LogP contribution is 2.19. The standard InChI is InChI=1S/C16H16ClNO4S2/c17-13-3-7-15(8-4-13)24(21,22)18-9-10-23-14-5-1-12(2-6-14)11-16(19)20/h1-8,18H,9-11H2,(H,19,20). The van der Waals surface area contributed by atoms with Crippen molar-refractivity contribution in [2.45, 2.75) is 16.2 Å². The molecule has 0 radical (unpaired) electrons. The molecule has 0 unspecified atom stereocenters. The van der Waals surface area contributed by atoms with Crippen molar-refractivity contribution in [2.75, 3.05) is 12.3 Å². The van der Waals surface area contributed by atoms with Gasteiger partial charge in [-0.15, -0.1) is 11.8 Å². The number of rotatable bonds is 8. The van der Waals surface area contributed by atoms with E-state index in [9.17, 15) is 13.2 Å². The zero-order valence-electron chi connectivity index (χ0n) is 12.6. The Kier molecular flexibility index (Phi) is 6.68.